The molecular weight excluding hydrogens is 324 g/mol. The average Bonchev–Trinajstić information content (AvgIpc) is 2.79. The molecule has 130 valence electrons. The topological polar surface area (TPSA) is 66.5 Å². The predicted octanol–water partition coefficient (Wildman–Crippen LogP) is 2.33. The molecule has 1 aliphatic carbocycles. The number of benzene rings is 1. The number of nitrogens with one attached hydrogen (secondary N) is 1. The van der Waals surface area contributed by atoms with Gasteiger partial charge in [0.05, 0.1) is 4.90 Å². The Morgan fingerprint density at radius 3 is 2.54 bits per heavy atom. The SMILES string of the molecule is CCNC(=O)C1=Cc2cc(S(=O)(=O)N3CCCCCC3)ccc2C1. The van der Waals surface area contributed by atoms with Crippen molar-refractivity contribution in [3.05, 3.63) is 34.9 Å². The summed E-state index contributed by atoms with van der Waals surface area (Å²) in [6, 6.07) is 5.22. The number of amides is 1. The van der Waals surface area contributed by atoms with Crippen molar-refractivity contribution >= 4 is 22.0 Å². The lowest BCUT2D eigenvalue weighted by atomic mass is 10.1. The van der Waals surface area contributed by atoms with Crippen LogP contribution >= 0.6 is 0 Å². The highest BCUT2D eigenvalue weighted by atomic mass is 32.2. The molecule has 0 unspecified atom stereocenters. The highest BCUT2D eigenvalue weighted by Crippen LogP contribution is 2.29. The summed E-state index contributed by atoms with van der Waals surface area (Å²) in [5.74, 6) is -0.0781. The molecule has 1 fully saturated rings. The lowest BCUT2D eigenvalue weighted by molar-refractivity contribution is -0.117. The maximum absolute atomic E-state index is 12.9. The van der Waals surface area contributed by atoms with E-state index in [1.807, 2.05) is 19.1 Å². The van der Waals surface area contributed by atoms with E-state index in [0.29, 0.717) is 36.5 Å². The van der Waals surface area contributed by atoms with E-state index in [0.717, 1.165) is 36.8 Å². The minimum atomic E-state index is -3.45. The minimum absolute atomic E-state index is 0.0781. The monoisotopic (exact) mass is 348 g/mol. The Kier molecular flexibility index (Phi) is 5.06. The maximum atomic E-state index is 12.9. The predicted molar refractivity (Wildman–Crippen MR) is 94.0 cm³/mol. The second kappa shape index (κ2) is 7.07. The third-order valence-corrected chi connectivity index (χ3v) is 6.55. The first kappa shape index (κ1) is 17.2. The van der Waals surface area contributed by atoms with Gasteiger partial charge in [0.15, 0.2) is 0 Å². The summed E-state index contributed by atoms with van der Waals surface area (Å²) < 4.78 is 27.4. The molecule has 0 saturated carbocycles. The third-order valence-electron chi connectivity index (χ3n) is 4.66. The molecular formula is C18H24N2O3S. The summed E-state index contributed by atoms with van der Waals surface area (Å²) in [5.41, 5.74) is 2.54. The first-order valence-corrected chi connectivity index (χ1v) is 10.1. The number of carbonyl (C=O) groups is 1. The number of hydrogen-bond acceptors (Lipinski definition) is 3. The van der Waals surface area contributed by atoms with Crippen molar-refractivity contribution < 1.29 is 13.2 Å². The highest BCUT2D eigenvalue weighted by molar-refractivity contribution is 7.89. The van der Waals surface area contributed by atoms with Crippen molar-refractivity contribution in [2.45, 2.75) is 43.9 Å². The molecule has 0 aromatic heterocycles. The van der Waals surface area contributed by atoms with E-state index in [2.05, 4.69) is 5.32 Å². The van der Waals surface area contributed by atoms with Gasteiger partial charge in [-0.1, -0.05) is 18.9 Å². The van der Waals surface area contributed by atoms with Gasteiger partial charge in [-0.2, -0.15) is 4.31 Å². The molecule has 2 aliphatic rings. The van der Waals surface area contributed by atoms with Crippen LogP contribution in [-0.2, 0) is 21.2 Å². The second-order valence-corrected chi connectivity index (χ2v) is 8.32. The van der Waals surface area contributed by atoms with E-state index in [9.17, 15) is 13.2 Å². The molecule has 1 heterocycles. The van der Waals surface area contributed by atoms with Crippen molar-refractivity contribution in [2.24, 2.45) is 0 Å². The molecule has 5 nitrogen and oxygen atoms in total. The first-order chi connectivity index (χ1) is 11.5. The van der Waals surface area contributed by atoms with Crippen LogP contribution in [0.3, 0.4) is 0 Å². The van der Waals surface area contributed by atoms with Crippen LogP contribution in [0.1, 0.15) is 43.7 Å². The van der Waals surface area contributed by atoms with Crippen LogP contribution in [0.5, 0.6) is 0 Å². The summed E-state index contributed by atoms with van der Waals surface area (Å²) in [4.78, 5) is 12.3. The standard InChI is InChI=1S/C18H24N2O3S/c1-2-19-18(21)16-11-14-7-8-17(13-15(14)12-16)24(22,23)20-9-5-3-4-6-10-20/h7-8,12-13H,2-6,9-11H2,1H3,(H,19,21). The maximum Gasteiger partial charge on any atom is 0.247 e. The van der Waals surface area contributed by atoms with Gasteiger partial charge in [0.25, 0.3) is 0 Å². The van der Waals surface area contributed by atoms with E-state index in [1.54, 1.807) is 16.4 Å². The summed E-state index contributed by atoms with van der Waals surface area (Å²) in [6.07, 6.45) is 6.40. The zero-order chi connectivity index (χ0) is 17.2. The van der Waals surface area contributed by atoms with Crippen LogP contribution in [-0.4, -0.2) is 38.3 Å². The normalized spacial score (nSPS) is 18.6. The average molecular weight is 348 g/mol. The quantitative estimate of drug-likeness (QED) is 0.908. The molecule has 0 radical (unpaired) electrons. The van der Waals surface area contributed by atoms with Gasteiger partial charge in [-0.05, 0) is 49.1 Å². The van der Waals surface area contributed by atoms with Gasteiger partial charge in [-0.25, -0.2) is 8.42 Å². The molecule has 1 aromatic carbocycles. The van der Waals surface area contributed by atoms with Gasteiger partial charge in [0.2, 0.25) is 15.9 Å². The van der Waals surface area contributed by atoms with Crippen molar-refractivity contribution in [1.29, 1.82) is 0 Å². The van der Waals surface area contributed by atoms with Crippen LogP contribution in [0.2, 0.25) is 0 Å². The van der Waals surface area contributed by atoms with Crippen molar-refractivity contribution in [3.8, 4) is 0 Å². The minimum Gasteiger partial charge on any atom is -0.353 e. The van der Waals surface area contributed by atoms with Gasteiger partial charge in [-0.3, -0.25) is 4.79 Å². The van der Waals surface area contributed by atoms with Gasteiger partial charge in [0.1, 0.15) is 0 Å². The van der Waals surface area contributed by atoms with Crippen LogP contribution in [0.4, 0.5) is 0 Å². The fourth-order valence-corrected chi connectivity index (χ4v) is 4.88. The zero-order valence-electron chi connectivity index (χ0n) is 14.0. The zero-order valence-corrected chi connectivity index (χ0v) is 14.9. The van der Waals surface area contributed by atoms with E-state index in [-0.39, 0.29) is 5.91 Å². The Balaban J connectivity index is 1.86. The van der Waals surface area contributed by atoms with Crippen LogP contribution in [0.15, 0.2) is 28.7 Å². The third kappa shape index (κ3) is 3.39. The Morgan fingerprint density at radius 1 is 1.17 bits per heavy atom. The number of likely N-dealkylation sites (N-methyl/N-ethyl adjacent to an activating group) is 1. The molecule has 24 heavy (non-hydrogen) atoms. The van der Waals surface area contributed by atoms with Gasteiger partial charge in [0, 0.05) is 31.6 Å². The van der Waals surface area contributed by atoms with E-state index < -0.39 is 10.0 Å². The summed E-state index contributed by atoms with van der Waals surface area (Å²) in [6.45, 7) is 3.66. The molecule has 0 bridgehead atoms. The molecule has 6 heteroatoms. The number of fused-ring (bicyclic) bond motifs is 1. The molecule has 1 saturated heterocycles. The molecule has 1 amide bonds. The molecule has 3 rings (SSSR count). The number of carbonyl (C=O) groups excluding carboxylic acids is 1. The van der Waals surface area contributed by atoms with Gasteiger partial charge >= 0.3 is 0 Å². The molecule has 1 aliphatic heterocycles. The number of sulfonamides is 1. The van der Waals surface area contributed by atoms with Crippen LogP contribution < -0.4 is 5.32 Å². The van der Waals surface area contributed by atoms with E-state index in [4.69, 9.17) is 0 Å². The molecule has 1 aromatic rings. The fraction of sp³-hybridized carbons (Fsp3) is 0.500. The number of nitrogens with zero attached hydrogens (tertiary/aromatic N) is 1. The van der Waals surface area contributed by atoms with Gasteiger partial charge in [-0.15, -0.1) is 0 Å². The lowest BCUT2D eigenvalue weighted by Gasteiger charge is -2.20. The van der Waals surface area contributed by atoms with Gasteiger partial charge < -0.3 is 5.32 Å². The smallest absolute Gasteiger partial charge is 0.247 e. The number of hydrogen-bond donors (Lipinski definition) is 1. The molecule has 1 N–H and O–H groups in total. The van der Waals surface area contributed by atoms with Crippen molar-refractivity contribution in [2.75, 3.05) is 19.6 Å². The number of rotatable bonds is 4. The lowest BCUT2D eigenvalue weighted by Crippen LogP contribution is -2.31. The Labute approximate surface area is 143 Å². The molecule has 0 atom stereocenters. The first-order valence-electron chi connectivity index (χ1n) is 8.64. The summed E-state index contributed by atoms with van der Waals surface area (Å²) in [5, 5.41) is 2.79. The highest BCUT2D eigenvalue weighted by Gasteiger charge is 2.27. The molecule has 0 spiro atoms. The van der Waals surface area contributed by atoms with Crippen LogP contribution in [0.25, 0.3) is 6.08 Å². The van der Waals surface area contributed by atoms with Crippen molar-refractivity contribution in [3.63, 3.8) is 0 Å². The van der Waals surface area contributed by atoms with E-state index >= 15 is 0 Å². The Hall–Kier alpha value is -1.66. The Bertz CT molecular complexity index is 760. The fourth-order valence-electron chi connectivity index (χ4n) is 3.32. The van der Waals surface area contributed by atoms with E-state index in [1.165, 1.54) is 0 Å². The second-order valence-electron chi connectivity index (χ2n) is 6.38. The summed E-state index contributed by atoms with van der Waals surface area (Å²) >= 11 is 0. The van der Waals surface area contributed by atoms with Crippen molar-refractivity contribution in [1.82, 2.24) is 9.62 Å². The van der Waals surface area contributed by atoms with Crippen LogP contribution in [0, 0.1) is 0 Å². The Morgan fingerprint density at radius 2 is 1.88 bits per heavy atom. The largest absolute Gasteiger partial charge is 0.353 e. The summed E-state index contributed by atoms with van der Waals surface area (Å²) in [7, 11) is -3.45.